The van der Waals surface area contributed by atoms with Gasteiger partial charge in [-0.25, -0.2) is 8.78 Å². The number of amides is 1. The molecule has 1 amide bonds. The SMILES string of the molecule is Cc1cc(C(=O)N2CCCC(F)(F)c3ccccc32)ccc1C#N. The first kappa shape index (κ1) is 16.1. The number of benzene rings is 2. The van der Waals surface area contributed by atoms with Gasteiger partial charge in [0.2, 0.25) is 0 Å². The number of rotatable bonds is 1. The third-order valence-corrected chi connectivity index (χ3v) is 4.30. The number of carbonyl (C=O) groups excluding carboxylic acids is 1. The van der Waals surface area contributed by atoms with Gasteiger partial charge in [0.05, 0.1) is 17.3 Å². The summed E-state index contributed by atoms with van der Waals surface area (Å²) >= 11 is 0. The summed E-state index contributed by atoms with van der Waals surface area (Å²) in [4.78, 5) is 14.3. The van der Waals surface area contributed by atoms with Crippen LogP contribution in [0.1, 0.15) is 39.9 Å². The summed E-state index contributed by atoms with van der Waals surface area (Å²) in [6.07, 6.45) is -0.0527. The molecule has 0 aromatic heterocycles. The second kappa shape index (κ2) is 6.04. The van der Waals surface area contributed by atoms with Crippen molar-refractivity contribution in [1.82, 2.24) is 0 Å². The van der Waals surface area contributed by atoms with Crippen molar-refractivity contribution >= 4 is 11.6 Å². The Hall–Kier alpha value is -2.74. The molecule has 3 rings (SSSR count). The van der Waals surface area contributed by atoms with Gasteiger partial charge in [-0.15, -0.1) is 0 Å². The number of anilines is 1. The normalized spacial score (nSPS) is 16.0. The van der Waals surface area contributed by atoms with Crippen molar-refractivity contribution in [3.8, 4) is 6.07 Å². The summed E-state index contributed by atoms with van der Waals surface area (Å²) in [7, 11) is 0. The monoisotopic (exact) mass is 326 g/mol. The second-order valence-corrected chi connectivity index (χ2v) is 5.92. The van der Waals surface area contributed by atoms with Gasteiger partial charge < -0.3 is 4.90 Å². The number of hydrogen-bond acceptors (Lipinski definition) is 2. The molecule has 1 aliphatic rings. The zero-order valence-electron chi connectivity index (χ0n) is 13.2. The highest BCUT2D eigenvalue weighted by atomic mass is 19.3. The Labute approximate surface area is 139 Å². The molecule has 0 fully saturated rings. The van der Waals surface area contributed by atoms with Crippen molar-refractivity contribution in [2.45, 2.75) is 25.7 Å². The van der Waals surface area contributed by atoms with Gasteiger partial charge in [0.1, 0.15) is 0 Å². The van der Waals surface area contributed by atoms with Gasteiger partial charge >= 0.3 is 0 Å². The van der Waals surface area contributed by atoms with Crippen LogP contribution in [0.2, 0.25) is 0 Å². The van der Waals surface area contributed by atoms with Crippen LogP contribution in [0.5, 0.6) is 0 Å². The van der Waals surface area contributed by atoms with Crippen molar-refractivity contribution in [3.63, 3.8) is 0 Å². The van der Waals surface area contributed by atoms with Gasteiger partial charge in [-0.3, -0.25) is 4.79 Å². The van der Waals surface area contributed by atoms with E-state index in [1.165, 1.54) is 11.0 Å². The highest BCUT2D eigenvalue weighted by molar-refractivity contribution is 6.06. The van der Waals surface area contributed by atoms with E-state index in [2.05, 4.69) is 6.07 Å². The third kappa shape index (κ3) is 2.76. The molecule has 0 saturated heterocycles. The van der Waals surface area contributed by atoms with Crippen molar-refractivity contribution in [3.05, 3.63) is 64.7 Å². The van der Waals surface area contributed by atoms with Gasteiger partial charge in [-0.2, -0.15) is 5.26 Å². The van der Waals surface area contributed by atoms with E-state index in [1.54, 1.807) is 43.3 Å². The molecular weight excluding hydrogens is 310 g/mol. The Morgan fingerprint density at radius 1 is 1.25 bits per heavy atom. The maximum Gasteiger partial charge on any atom is 0.275 e. The fraction of sp³-hybridized carbons (Fsp3) is 0.263. The topological polar surface area (TPSA) is 44.1 Å². The Balaban J connectivity index is 2.04. The lowest BCUT2D eigenvalue weighted by molar-refractivity contribution is -0.0121. The van der Waals surface area contributed by atoms with Gasteiger partial charge in [0.25, 0.3) is 11.8 Å². The minimum Gasteiger partial charge on any atom is -0.308 e. The van der Waals surface area contributed by atoms with Crippen LogP contribution >= 0.6 is 0 Å². The van der Waals surface area contributed by atoms with Crippen molar-refractivity contribution in [1.29, 1.82) is 5.26 Å². The Kier molecular flexibility index (Phi) is 4.06. The minimum absolute atomic E-state index is 0.110. The van der Waals surface area contributed by atoms with Crippen LogP contribution < -0.4 is 4.90 Å². The number of fused-ring (bicyclic) bond motifs is 1. The van der Waals surface area contributed by atoms with E-state index in [-0.39, 0.29) is 36.5 Å². The largest absolute Gasteiger partial charge is 0.308 e. The summed E-state index contributed by atoms with van der Waals surface area (Å²) in [6, 6.07) is 13.0. The summed E-state index contributed by atoms with van der Waals surface area (Å²) in [5, 5.41) is 8.99. The van der Waals surface area contributed by atoms with E-state index in [1.807, 2.05) is 0 Å². The molecule has 3 nitrogen and oxygen atoms in total. The summed E-state index contributed by atoms with van der Waals surface area (Å²) in [5.74, 6) is -3.26. The quantitative estimate of drug-likeness (QED) is 0.779. The lowest BCUT2D eigenvalue weighted by Crippen LogP contribution is -2.32. The molecule has 0 atom stereocenters. The summed E-state index contributed by atoms with van der Waals surface area (Å²) in [5.41, 5.74) is 1.73. The maximum atomic E-state index is 14.3. The predicted octanol–water partition coefficient (Wildman–Crippen LogP) is 4.40. The zero-order chi connectivity index (χ0) is 17.3. The Morgan fingerprint density at radius 3 is 2.71 bits per heavy atom. The number of para-hydroxylation sites is 1. The Morgan fingerprint density at radius 2 is 2.00 bits per heavy atom. The minimum atomic E-state index is -2.94. The number of carbonyl (C=O) groups is 1. The first-order valence-electron chi connectivity index (χ1n) is 7.74. The molecule has 1 heterocycles. The number of halogens is 2. The molecule has 2 aromatic rings. The standard InChI is InChI=1S/C19H16F2N2O/c1-13-11-14(7-8-15(13)12-22)18(24)23-10-4-9-19(20,21)16-5-2-3-6-17(16)23/h2-3,5-8,11H,4,9-10H2,1H3. The average Bonchev–Trinajstić information content (AvgIpc) is 2.71. The molecule has 0 spiro atoms. The predicted molar refractivity (Wildman–Crippen MR) is 87.1 cm³/mol. The van der Waals surface area contributed by atoms with Crippen LogP contribution in [0.3, 0.4) is 0 Å². The van der Waals surface area contributed by atoms with Crippen molar-refractivity contribution in [2.24, 2.45) is 0 Å². The van der Waals surface area contributed by atoms with Crippen LogP contribution in [-0.4, -0.2) is 12.5 Å². The first-order chi connectivity index (χ1) is 11.4. The number of nitriles is 1. The van der Waals surface area contributed by atoms with Gasteiger partial charge in [0.15, 0.2) is 0 Å². The third-order valence-electron chi connectivity index (χ3n) is 4.30. The molecule has 0 saturated carbocycles. The smallest absolute Gasteiger partial charge is 0.275 e. The van der Waals surface area contributed by atoms with Crippen LogP contribution in [0.25, 0.3) is 0 Å². The fourth-order valence-corrected chi connectivity index (χ4v) is 3.02. The zero-order valence-corrected chi connectivity index (χ0v) is 13.2. The molecule has 2 aromatic carbocycles. The molecule has 5 heteroatoms. The van der Waals surface area contributed by atoms with Crippen molar-refractivity contribution < 1.29 is 13.6 Å². The second-order valence-electron chi connectivity index (χ2n) is 5.92. The molecule has 0 bridgehead atoms. The van der Waals surface area contributed by atoms with Gasteiger partial charge in [0, 0.05) is 24.1 Å². The van der Waals surface area contributed by atoms with Crippen molar-refractivity contribution in [2.75, 3.05) is 11.4 Å². The molecule has 1 aliphatic heterocycles. The fourth-order valence-electron chi connectivity index (χ4n) is 3.02. The summed E-state index contributed by atoms with van der Waals surface area (Å²) < 4.78 is 28.6. The van der Waals surface area contributed by atoms with Crippen LogP contribution in [0.4, 0.5) is 14.5 Å². The van der Waals surface area contributed by atoms with Crippen LogP contribution in [-0.2, 0) is 5.92 Å². The van der Waals surface area contributed by atoms with E-state index in [9.17, 15) is 13.6 Å². The van der Waals surface area contributed by atoms with E-state index >= 15 is 0 Å². The molecular formula is C19H16F2N2O. The highest BCUT2D eigenvalue weighted by Crippen LogP contribution is 2.41. The molecule has 0 radical (unpaired) electrons. The van der Waals surface area contributed by atoms with Gasteiger partial charge in [-0.1, -0.05) is 18.2 Å². The number of nitrogens with zero attached hydrogens (tertiary/aromatic N) is 2. The number of aryl methyl sites for hydroxylation is 1. The first-order valence-corrected chi connectivity index (χ1v) is 7.74. The number of alkyl halides is 2. The highest BCUT2D eigenvalue weighted by Gasteiger charge is 2.38. The van der Waals surface area contributed by atoms with Crippen LogP contribution in [0.15, 0.2) is 42.5 Å². The molecule has 0 N–H and O–H groups in total. The van der Waals surface area contributed by atoms with Gasteiger partial charge in [-0.05, 0) is 43.2 Å². The molecule has 24 heavy (non-hydrogen) atoms. The van der Waals surface area contributed by atoms with Crippen LogP contribution in [0, 0.1) is 18.3 Å². The van der Waals surface area contributed by atoms with E-state index < -0.39 is 5.92 Å². The Bertz CT molecular complexity index is 840. The van der Waals surface area contributed by atoms with E-state index in [4.69, 9.17) is 5.26 Å². The maximum absolute atomic E-state index is 14.3. The molecule has 0 aliphatic carbocycles. The molecule has 0 unspecified atom stereocenters. The van der Waals surface area contributed by atoms with E-state index in [0.29, 0.717) is 16.7 Å². The average molecular weight is 326 g/mol. The van der Waals surface area contributed by atoms with E-state index in [0.717, 1.165) is 0 Å². The lowest BCUT2D eigenvalue weighted by Gasteiger charge is -2.24. The lowest BCUT2D eigenvalue weighted by atomic mass is 10.0. The number of hydrogen-bond donors (Lipinski definition) is 0. The molecule has 122 valence electrons. The summed E-state index contributed by atoms with van der Waals surface area (Å²) in [6.45, 7) is 1.99.